The number of thiocarbonyl (C=S) groups is 1. The Bertz CT molecular complexity index is 1330. The first-order valence-corrected chi connectivity index (χ1v) is 11.2. The SMILES string of the molecule is Cc1cc(C)c2oc(-c3cccc(NC(=S)NC(=O)c4ccccc4I)c3C)nc2c1. The molecule has 0 fully saturated rings. The molecule has 0 aliphatic heterocycles. The van der Waals surface area contributed by atoms with Crippen LogP contribution in [0.5, 0.6) is 0 Å². The molecule has 7 heteroatoms. The van der Waals surface area contributed by atoms with Crippen molar-refractivity contribution < 1.29 is 9.21 Å². The van der Waals surface area contributed by atoms with Crippen molar-refractivity contribution in [2.45, 2.75) is 20.8 Å². The highest BCUT2D eigenvalue weighted by atomic mass is 127. The number of benzene rings is 3. The first-order chi connectivity index (χ1) is 14.8. The van der Waals surface area contributed by atoms with E-state index in [1.807, 2.05) is 63.2 Å². The standard InChI is InChI=1S/C24H20IN3O2S/c1-13-11-14(2)21-20(12-13)26-23(30-21)16-8-6-10-19(15(16)3)27-24(31)28-22(29)17-7-4-5-9-18(17)25/h4-12H,1-3H3,(H2,27,28,29,31). The summed E-state index contributed by atoms with van der Waals surface area (Å²) < 4.78 is 6.94. The molecule has 1 heterocycles. The Labute approximate surface area is 199 Å². The van der Waals surface area contributed by atoms with Gasteiger partial charge in [0.1, 0.15) is 5.52 Å². The normalized spacial score (nSPS) is 10.8. The molecule has 4 rings (SSSR count). The second-order valence-corrected chi connectivity index (χ2v) is 8.89. The van der Waals surface area contributed by atoms with Gasteiger partial charge in [-0.3, -0.25) is 10.1 Å². The summed E-state index contributed by atoms with van der Waals surface area (Å²) >= 11 is 7.50. The number of hydrogen-bond acceptors (Lipinski definition) is 4. The van der Waals surface area contributed by atoms with Crippen LogP contribution in [-0.2, 0) is 0 Å². The van der Waals surface area contributed by atoms with Gasteiger partial charge in [-0.05, 0) is 103 Å². The van der Waals surface area contributed by atoms with Crippen molar-refractivity contribution in [1.82, 2.24) is 10.3 Å². The van der Waals surface area contributed by atoms with E-state index in [2.05, 4.69) is 44.3 Å². The number of hydrogen-bond donors (Lipinski definition) is 2. The van der Waals surface area contributed by atoms with Crippen LogP contribution in [0, 0.1) is 24.3 Å². The van der Waals surface area contributed by atoms with Crippen LogP contribution in [0.1, 0.15) is 27.0 Å². The van der Waals surface area contributed by atoms with Crippen molar-refractivity contribution in [2.75, 3.05) is 5.32 Å². The molecule has 0 atom stereocenters. The third-order valence-electron chi connectivity index (χ3n) is 4.98. The minimum absolute atomic E-state index is 0.230. The topological polar surface area (TPSA) is 67.2 Å². The summed E-state index contributed by atoms with van der Waals surface area (Å²) in [5.74, 6) is 0.305. The lowest BCUT2D eigenvalue weighted by atomic mass is 10.1. The molecule has 3 aromatic carbocycles. The van der Waals surface area contributed by atoms with E-state index in [1.54, 1.807) is 6.07 Å². The Morgan fingerprint density at radius 3 is 2.61 bits per heavy atom. The molecule has 156 valence electrons. The maximum absolute atomic E-state index is 12.5. The maximum atomic E-state index is 12.5. The number of carbonyl (C=O) groups is 1. The summed E-state index contributed by atoms with van der Waals surface area (Å²) in [5.41, 5.74) is 6.98. The van der Waals surface area contributed by atoms with Gasteiger partial charge in [0.2, 0.25) is 5.89 Å². The van der Waals surface area contributed by atoms with Gasteiger partial charge >= 0.3 is 0 Å². The minimum atomic E-state index is -0.249. The van der Waals surface area contributed by atoms with Crippen LogP contribution >= 0.6 is 34.8 Å². The molecule has 31 heavy (non-hydrogen) atoms. The van der Waals surface area contributed by atoms with Gasteiger partial charge in [0, 0.05) is 14.8 Å². The molecule has 5 nitrogen and oxygen atoms in total. The van der Waals surface area contributed by atoms with E-state index in [9.17, 15) is 4.79 Å². The van der Waals surface area contributed by atoms with Crippen LogP contribution in [0.15, 0.2) is 59.0 Å². The van der Waals surface area contributed by atoms with Crippen molar-refractivity contribution in [1.29, 1.82) is 0 Å². The number of aromatic nitrogens is 1. The smallest absolute Gasteiger partial charge is 0.258 e. The van der Waals surface area contributed by atoms with Crippen molar-refractivity contribution in [3.8, 4) is 11.5 Å². The van der Waals surface area contributed by atoms with E-state index in [0.29, 0.717) is 11.5 Å². The molecule has 2 N–H and O–H groups in total. The molecule has 0 spiro atoms. The largest absolute Gasteiger partial charge is 0.436 e. The fourth-order valence-corrected chi connectivity index (χ4v) is 4.30. The summed E-state index contributed by atoms with van der Waals surface area (Å²) in [6.07, 6.45) is 0. The van der Waals surface area contributed by atoms with Crippen LogP contribution in [0.25, 0.3) is 22.6 Å². The Balaban J connectivity index is 1.58. The summed E-state index contributed by atoms with van der Waals surface area (Å²) in [6, 6.07) is 17.2. The molecular formula is C24H20IN3O2S. The average molecular weight is 541 g/mol. The lowest BCUT2D eigenvalue weighted by molar-refractivity contribution is 0.0977. The third kappa shape index (κ3) is 4.47. The zero-order valence-electron chi connectivity index (χ0n) is 17.2. The highest BCUT2D eigenvalue weighted by Gasteiger charge is 2.16. The number of anilines is 1. The van der Waals surface area contributed by atoms with Gasteiger partial charge in [-0.1, -0.05) is 24.3 Å². The number of carbonyl (C=O) groups excluding carboxylic acids is 1. The van der Waals surface area contributed by atoms with Crippen molar-refractivity contribution >= 4 is 62.6 Å². The van der Waals surface area contributed by atoms with Crippen LogP contribution in [-0.4, -0.2) is 16.0 Å². The Kier molecular flexibility index (Phi) is 6.06. The summed E-state index contributed by atoms with van der Waals surface area (Å²) in [4.78, 5) is 17.2. The van der Waals surface area contributed by atoms with E-state index in [4.69, 9.17) is 16.6 Å². The monoisotopic (exact) mass is 541 g/mol. The number of halogens is 1. The van der Waals surface area contributed by atoms with E-state index in [0.717, 1.165) is 42.6 Å². The number of nitrogens with zero attached hydrogens (tertiary/aromatic N) is 1. The van der Waals surface area contributed by atoms with E-state index < -0.39 is 0 Å². The zero-order valence-corrected chi connectivity index (χ0v) is 20.2. The Morgan fingerprint density at radius 1 is 1.06 bits per heavy atom. The van der Waals surface area contributed by atoms with Gasteiger partial charge in [0.05, 0.1) is 5.56 Å². The van der Waals surface area contributed by atoms with Gasteiger partial charge < -0.3 is 9.73 Å². The molecule has 0 unspecified atom stereocenters. The lowest BCUT2D eigenvalue weighted by Crippen LogP contribution is -2.34. The molecule has 0 aliphatic rings. The quantitative estimate of drug-likeness (QED) is 0.241. The molecular weight excluding hydrogens is 521 g/mol. The predicted molar refractivity (Wildman–Crippen MR) is 137 cm³/mol. The van der Waals surface area contributed by atoms with Gasteiger partial charge in [-0.15, -0.1) is 0 Å². The summed E-state index contributed by atoms with van der Waals surface area (Å²) in [5, 5.41) is 6.10. The fourth-order valence-electron chi connectivity index (χ4n) is 3.46. The highest BCUT2D eigenvalue weighted by molar-refractivity contribution is 14.1. The van der Waals surface area contributed by atoms with Crippen LogP contribution < -0.4 is 10.6 Å². The van der Waals surface area contributed by atoms with Gasteiger partial charge in [-0.2, -0.15) is 0 Å². The molecule has 1 aromatic heterocycles. The summed E-state index contributed by atoms with van der Waals surface area (Å²) in [7, 11) is 0. The number of amides is 1. The van der Waals surface area contributed by atoms with E-state index in [-0.39, 0.29) is 11.0 Å². The fraction of sp³-hybridized carbons (Fsp3) is 0.125. The first-order valence-electron chi connectivity index (χ1n) is 9.68. The number of fused-ring (bicyclic) bond motifs is 1. The van der Waals surface area contributed by atoms with Crippen molar-refractivity contribution in [3.05, 3.63) is 80.4 Å². The average Bonchev–Trinajstić information content (AvgIpc) is 3.14. The molecule has 0 aliphatic carbocycles. The number of rotatable bonds is 3. The Hall–Kier alpha value is -2.78. The molecule has 4 aromatic rings. The molecule has 0 saturated carbocycles. The van der Waals surface area contributed by atoms with Crippen molar-refractivity contribution in [3.63, 3.8) is 0 Å². The van der Waals surface area contributed by atoms with E-state index in [1.165, 1.54) is 0 Å². The second kappa shape index (κ2) is 8.76. The van der Waals surface area contributed by atoms with Crippen LogP contribution in [0.3, 0.4) is 0 Å². The first kappa shape index (κ1) is 21.5. The highest BCUT2D eigenvalue weighted by Crippen LogP contribution is 2.32. The summed E-state index contributed by atoms with van der Waals surface area (Å²) in [6.45, 7) is 6.03. The molecule has 0 saturated heterocycles. The van der Waals surface area contributed by atoms with Gasteiger partial charge in [0.15, 0.2) is 10.7 Å². The number of oxazole rings is 1. The van der Waals surface area contributed by atoms with Crippen LogP contribution in [0.2, 0.25) is 0 Å². The Morgan fingerprint density at radius 2 is 1.84 bits per heavy atom. The van der Waals surface area contributed by atoms with Crippen molar-refractivity contribution in [2.24, 2.45) is 0 Å². The third-order valence-corrected chi connectivity index (χ3v) is 6.12. The molecule has 1 amide bonds. The predicted octanol–water partition coefficient (Wildman–Crippen LogP) is 6.15. The van der Waals surface area contributed by atoms with Gasteiger partial charge in [-0.25, -0.2) is 4.98 Å². The lowest BCUT2D eigenvalue weighted by Gasteiger charge is -2.14. The molecule has 0 bridgehead atoms. The minimum Gasteiger partial charge on any atom is -0.436 e. The number of nitrogens with one attached hydrogen (secondary N) is 2. The number of aryl methyl sites for hydroxylation is 2. The maximum Gasteiger partial charge on any atom is 0.258 e. The van der Waals surface area contributed by atoms with Crippen LogP contribution in [0.4, 0.5) is 5.69 Å². The van der Waals surface area contributed by atoms with E-state index >= 15 is 0 Å². The van der Waals surface area contributed by atoms with Gasteiger partial charge in [0.25, 0.3) is 5.91 Å². The zero-order chi connectivity index (χ0) is 22.1. The molecule has 0 radical (unpaired) electrons. The second-order valence-electron chi connectivity index (χ2n) is 7.32.